The van der Waals surface area contributed by atoms with Crippen molar-refractivity contribution in [1.82, 2.24) is 15.0 Å². The Morgan fingerprint density at radius 2 is 1.94 bits per heavy atom. The number of hydrogen-bond acceptors (Lipinski definition) is 5. The molecule has 0 fully saturated rings. The highest BCUT2D eigenvalue weighted by Crippen LogP contribution is 2.27. The largest absolute Gasteiger partial charge is 0.316 e. The van der Waals surface area contributed by atoms with Gasteiger partial charge < -0.3 is 5.32 Å². The number of nitrogens with one attached hydrogen (secondary N) is 1. The summed E-state index contributed by atoms with van der Waals surface area (Å²) in [5.41, 5.74) is 1.99. The molecular weight excluding hydrogens is 244 g/mol. The smallest absolute Gasteiger partial charge is 0.188 e. The second-order valence-corrected chi connectivity index (χ2v) is 5.23. The number of nitrogens with zero attached hydrogens (tertiary/aromatic N) is 3. The molecule has 3 aromatic rings. The molecular formula is C13H12N4S. The van der Waals surface area contributed by atoms with Crippen LogP contribution in [0.25, 0.3) is 10.9 Å². The number of aromatic nitrogens is 3. The van der Waals surface area contributed by atoms with E-state index in [1.54, 1.807) is 17.7 Å². The first kappa shape index (κ1) is 11.1. The Hall–Kier alpha value is -2.01. The van der Waals surface area contributed by atoms with Crippen molar-refractivity contribution >= 4 is 33.2 Å². The summed E-state index contributed by atoms with van der Waals surface area (Å²) in [5.74, 6) is 0.800. The summed E-state index contributed by atoms with van der Waals surface area (Å²) >= 11 is 1.64. The van der Waals surface area contributed by atoms with Crippen molar-refractivity contribution in [3.05, 3.63) is 41.2 Å². The topological polar surface area (TPSA) is 50.7 Å². The van der Waals surface area contributed by atoms with Gasteiger partial charge in [-0.1, -0.05) is 12.1 Å². The van der Waals surface area contributed by atoms with E-state index < -0.39 is 0 Å². The van der Waals surface area contributed by atoms with Gasteiger partial charge in [0.25, 0.3) is 0 Å². The molecule has 5 heteroatoms. The van der Waals surface area contributed by atoms with Crippen LogP contribution in [0.4, 0.5) is 10.9 Å². The molecule has 3 rings (SSSR count). The molecule has 1 aromatic carbocycles. The molecule has 0 unspecified atom stereocenters. The van der Waals surface area contributed by atoms with Crippen molar-refractivity contribution in [3.63, 3.8) is 0 Å². The van der Waals surface area contributed by atoms with Gasteiger partial charge in [-0.3, -0.25) is 0 Å². The zero-order valence-electron chi connectivity index (χ0n) is 10.1. The minimum atomic E-state index is 0.800. The van der Waals surface area contributed by atoms with Gasteiger partial charge in [-0.2, -0.15) is 0 Å². The maximum atomic E-state index is 4.46. The van der Waals surface area contributed by atoms with Crippen molar-refractivity contribution < 1.29 is 0 Å². The Labute approximate surface area is 109 Å². The average Bonchev–Trinajstić information content (AvgIpc) is 2.69. The summed E-state index contributed by atoms with van der Waals surface area (Å²) in [6.07, 6.45) is 1.57. The van der Waals surface area contributed by atoms with Gasteiger partial charge in [-0.25, -0.2) is 15.0 Å². The summed E-state index contributed by atoms with van der Waals surface area (Å²) in [7, 11) is 0. The van der Waals surface area contributed by atoms with Crippen molar-refractivity contribution in [2.24, 2.45) is 0 Å². The molecule has 4 nitrogen and oxygen atoms in total. The van der Waals surface area contributed by atoms with Gasteiger partial charge in [0.05, 0.1) is 11.2 Å². The SMILES string of the molecule is Cc1nc(Nc2ncnc3ccccc23)sc1C. The summed E-state index contributed by atoms with van der Waals surface area (Å²) < 4.78 is 0. The van der Waals surface area contributed by atoms with Crippen LogP contribution >= 0.6 is 11.3 Å². The molecule has 18 heavy (non-hydrogen) atoms. The van der Waals surface area contributed by atoms with Crippen LogP contribution in [0, 0.1) is 13.8 Å². The maximum absolute atomic E-state index is 4.46. The molecule has 0 saturated carbocycles. The number of hydrogen-bond donors (Lipinski definition) is 1. The number of thiazole rings is 1. The van der Waals surface area contributed by atoms with E-state index in [0.29, 0.717) is 0 Å². The summed E-state index contributed by atoms with van der Waals surface area (Å²) in [6.45, 7) is 4.07. The fourth-order valence-corrected chi connectivity index (χ4v) is 2.55. The third kappa shape index (κ3) is 1.93. The van der Waals surface area contributed by atoms with Crippen LogP contribution in [0.15, 0.2) is 30.6 Å². The number of anilines is 2. The van der Waals surface area contributed by atoms with Crippen LogP contribution in [0.5, 0.6) is 0 Å². The van der Waals surface area contributed by atoms with Crippen LogP contribution in [0.3, 0.4) is 0 Å². The quantitative estimate of drug-likeness (QED) is 0.763. The molecule has 0 amide bonds. The zero-order chi connectivity index (χ0) is 12.5. The van der Waals surface area contributed by atoms with Crippen LogP contribution in [0.2, 0.25) is 0 Å². The molecule has 90 valence electrons. The normalized spacial score (nSPS) is 10.8. The van der Waals surface area contributed by atoms with Crippen molar-refractivity contribution in [2.45, 2.75) is 13.8 Å². The van der Waals surface area contributed by atoms with Crippen molar-refractivity contribution in [3.8, 4) is 0 Å². The molecule has 2 aromatic heterocycles. The molecule has 0 aliphatic rings. The van der Waals surface area contributed by atoms with Gasteiger partial charge in [-0.15, -0.1) is 11.3 Å². The van der Waals surface area contributed by atoms with E-state index in [2.05, 4.69) is 27.2 Å². The molecule has 2 heterocycles. The molecule has 1 N–H and O–H groups in total. The number of aryl methyl sites for hydroxylation is 2. The van der Waals surface area contributed by atoms with E-state index >= 15 is 0 Å². The fourth-order valence-electron chi connectivity index (χ4n) is 1.73. The van der Waals surface area contributed by atoms with E-state index in [1.165, 1.54) is 4.88 Å². The second kappa shape index (κ2) is 4.34. The molecule has 0 spiro atoms. The van der Waals surface area contributed by atoms with Gasteiger partial charge in [-0.05, 0) is 26.0 Å². The van der Waals surface area contributed by atoms with Gasteiger partial charge >= 0.3 is 0 Å². The van der Waals surface area contributed by atoms with E-state index in [-0.39, 0.29) is 0 Å². The third-order valence-electron chi connectivity index (χ3n) is 2.80. The van der Waals surface area contributed by atoms with Crippen LogP contribution in [-0.2, 0) is 0 Å². The van der Waals surface area contributed by atoms with Gasteiger partial charge in [0.2, 0.25) is 0 Å². The molecule has 0 saturated heterocycles. The molecule has 0 radical (unpaired) electrons. The van der Waals surface area contributed by atoms with Crippen LogP contribution in [-0.4, -0.2) is 15.0 Å². The van der Waals surface area contributed by atoms with Crippen LogP contribution < -0.4 is 5.32 Å². The summed E-state index contributed by atoms with van der Waals surface area (Å²) in [4.78, 5) is 14.2. The zero-order valence-corrected chi connectivity index (χ0v) is 11.0. The lowest BCUT2D eigenvalue weighted by Crippen LogP contribution is -1.95. The fraction of sp³-hybridized carbons (Fsp3) is 0.154. The molecule has 0 aliphatic carbocycles. The highest BCUT2D eigenvalue weighted by atomic mass is 32.1. The first-order valence-corrected chi connectivity index (χ1v) is 6.46. The summed E-state index contributed by atoms with van der Waals surface area (Å²) in [6, 6.07) is 7.93. The lowest BCUT2D eigenvalue weighted by Gasteiger charge is -2.04. The van der Waals surface area contributed by atoms with Gasteiger partial charge in [0.15, 0.2) is 5.13 Å². The lowest BCUT2D eigenvalue weighted by atomic mass is 10.2. The first-order valence-electron chi connectivity index (χ1n) is 5.65. The van der Waals surface area contributed by atoms with E-state index in [4.69, 9.17) is 0 Å². The average molecular weight is 256 g/mol. The maximum Gasteiger partial charge on any atom is 0.188 e. The monoisotopic (exact) mass is 256 g/mol. The van der Waals surface area contributed by atoms with Crippen molar-refractivity contribution in [1.29, 1.82) is 0 Å². The first-order chi connectivity index (χ1) is 8.74. The Kier molecular flexibility index (Phi) is 2.68. The number of fused-ring (bicyclic) bond motifs is 1. The molecule has 0 atom stereocenters. The van der Waals surface area contributed by atoms with Crippen LogP contribution in [0.1, 0.15) is 10.6 Å². The Balaban J connectivity index is 2.04. The van der Waals surface area contributed by atoms with E-state index in [9.17, 15) is 0 Å². The highest BCUT2D eigenvalue weighted by molar-refractivity contribution is 7.15. The van der Waals surface area contributed by atoms with E-state index in [0.717, 1.165) is 27.5 Å². The predicted octanol–water partition coefficient (Wildman–Crippen LogP) is 3.45. The predicted molar refractivity (Wildman–Crippen MR) is 74.4 cm³/mol. The number of para-hydroxylation sites is 1. The number of benzene rings is 1. The minimum Gasteiger partial charge on any atom is -0.316 e. The van der Waals surface area contributed by atoms with Gasteiger partial charge in [0.1, 0.15) is 12.1 Å². The highest BCUT2D eigenvalue weighted by Gasteiger charge is 2.07. The number of rotatable bonds is 2. The Bertz CT molecular complexity index is 680. The second-order valence-electron chi connectivity index (χ2n) is 4.03. The van der Waals surface area contributed by atoms with Gasteiger partial charge in [0, 0.05) is 10.3 Å². The summed E-state index contributed by atoms with van der Waals surface area (Å²) in [5, 5.41) is 5.14. The van der Waals surface area contributed by atoms with E-state index in [1.807, 2.05) is 31.2 Å². The standard InChI is InChI=1S/C13H12N4S/c1-8-9(2)18-13(16-8)17-12-10-5-3-4-6-11(10)14-7-15-12/h3-7H,1-2H3,(H,14,15,16,17). The third-order valence-corrected chi connectivity index (χ3v) is 3.78. The van der Waals surface area contributed by atoms with Crippen molar-refractivity contribution in [2.75, 3.05) is 5.32 Å². The minimum absolute atomic E-state index is 0.800. The lowest BCUT2D eigenvalue weighted by molar-refractivity contribution is 1.19. The Morgan fingerprint density at radius 3 is 2.72 bits per heavy atom. The Morgan fingerprint density at radius 1 is 1.11 bits per heavy atom. The molecule has 0 aliphatic heterocycles. The molecule has 0 bridgehead atoms.